The van der Waals surface area contributed by atoms with Crippen LogP contribution in [0.3, 0.4) is 0 Å². The Morgan fingerprint density at radius 3 is 2.45 bits per heavy atom. The van der Waals surface area contributed by atoms with Crippen LogP contribution in [0.25, 0.3) is 0 Å². The van der Waals surface area contributed by atoms with E-state index in [0.29, 0.717) is 16.3 Å². The van der Waals surface area contributed by atoms with Gasteiger partial charge in [0.05, 0.1) is 13.0 Å². The van der Waals surface area contributed by atoms with Gasteiger partial charge in [-0.25, -0.2) is 4.39 Å². The number of carbonyl (C=O) groups excluding carboxylic acids is 2. The third-order valence-corrected chi connectivity index (χ3v) is 3.07. The van der Waals surface area contributed by atoms with Crippen molar-refractivity contribution >= 4 is 29.1 Å². The fourth-order valence-corrected chi connectivity index (χ4v) is 1.99. The number of benzene rings is 2. The lowest BCUT2D eigenvalue weighted by atomic mass is 10.1. The second-order valence-electron chi connectivity index (χ2n) is 4.64. The van der Waals surface area contributed by atoms with Crippen molar-refractivity contribution in [2.75, 3.05) is 11.9 Å². The Morgan fingerprint density at radius 2 is 1.77 bits per heavy atom. The molecule has 0 bridgehead atoms. The van der Waals surface area contributed by atoms with E-state index in [9.17, 15) is 14.0 Å². The second kappa shape index (κ2) is 7.56. The van der Waals surface area contributed by atoms with Gasteiger partial charge in [0.1, 0.15) is 5.82 Å². The number of hydrogen-bond donors (Lipinski definition) is 2. The number of rotatable bonds is 5. The Morgan fingerprint density at radius 1 is 1.05 bits per heavy atom. The maximum Gasteiger partial charge on any atom is 0.243 e. The van der Waals surface area contributed by atoms with Gasteiger partial charge < -0.3 is 10.6 Å². The maximum absolute atomic E-state index is 12.8. The van der Waals surface area contributed by atoms with Gasteiger partial charge in [0.2, 0.25) is 11.8 Å². The summed E-state index contributed by atoms with van der Waals surface area (Å²) in [6.07, 6.45) is 0.0880. The highest BCUT2D eigenvalue weighted by Gasteiger charge is 2.07. The van der Waals surface area contributed by atoms with Gasteiger partial charge in [-0.3, -0.25) is 9.59 Å². The molecule has 2 rings (SSSR count). The smallest absolute Gasteiger partial charge is 0.243 e. The molecule has 0 unspecified atom stereocenters. The Kier molecular flexibility index (Phi) is 5.49. The molecule has 0 radical (unpaired) electrons. The van der Waals surface area contributed by atoms with E-state index in [0.717, 1.165) is 0 Å². The summed E-state index contributed by atoms with van der Waals surface area (Å²) in [6, 6.07) is 12.3. The first-order valence-corrected chi connectivity index (χ1v) is 6.97. The Bertz CT molecular complexity index is 674. The van der Waals surface area contributed by atoms with Crippen LogP contribution in [0.4, 0.5) is 10.1 Å². The first-order valence-electron chi connectivity index (χ1n) is 6.59. The molecule has 0 aliphatic rings. The number of amides is 2. The molecule has 2 aromatic carbocycles. The maximum atomic E-state index is 12.8. The summed E-state index contributed by atoms with van der Waals surface area (Å²) in [5, 5.41) is 5.64. The highest BCUT2D eigenvalue weighted by molar-refractivity contribution is 6.30. The monoisotopic (exact) mass is 320 g/mol. The number of halogens is 2. The van der Waals surface area contributed by atoms with Gasteiger partial charge in [-0.15, -0.1) is 0 Å². The Labute approximate surface area is 132 Å². The highest BCUT2D eigenvalue weighted by Crippen LogP contribution is 2.14. The van der Waals surface area contributed by atoms with Gasteiger partial charge in [0.15, 0.2) is 0 Å². The summed E-state index contributed by atoms with van der Waals surface area (Å²) >= 11 is 5.81. The number of hydrogen-bond acceptors (Lipinski definition) is 2. The molecule has 2 N–H and O–H groups in total. The molecule has 2 amide bonds. The molecule has 0 saturated heterocycles. The van der Waals surface area contributed by atoms with Crippen LogP contribution in [0.2, 0.25) is 5.02 Å². The van der Waals surface area contributed by atoms with E-state index < -0.39 is 0 Å². The molecule has 0 aromatic heterocycles. The third-order valence-electron chi connectivity index (χ3n) is 2.83. The zero-order valence-electron chi connectivity index (χ0n) is 11.6. The number of anilines is 1. The Balaban J connectivity index is 1.78. The molecule has 0 atom stereocenters. The molecule has 0 aliphatic carbocycles. The zero-order valence-corrected chi connectivity index (χ0v) is 12.4. The van der Waals surface area contributed by atoms with Crippen LogP contribution in [0.15, 0.2) is 48.5 Å². The topological polar surface area (TPSA) is 58.2 Å². The van der Waals surface area contributed by atoms with Crippen LogP contribution in [0.5, 0.6) is 0 Å². The van der Waals surface area contributed by atoms with E-state index in [1.54, 1.807) is 24.3 Å². The summed E-state index contributed by atoms with van der Waals surface area (Å²) in [7, 11) is 0. The summed E-state index contributed by atoms with van der Waals surface area (Å²) in [4.78, 5) is 23.4. The van der Waals surface area contributed by atoms with Crippen LogP contribution >= 0.6 is 11.6 Å². The molecule has 114 valence electrons. The average molecular weight is 321 g/mol. The predicted molar refractivity (Wildman–Crippen MR) is 83.2 cm³/mol. The van der Waals surface area contributed by atoms with Crippen LogP contribution in [0.1, 0.15) is 5.56 Å². The summed E-state index contributed by atoms with van der Waals surface area (Å²) in [6.45, 7) is -0.146. The van der Waals surface area contributed by atoms with E-state index in [4.69, 9.17) is 11.6 Å². The quantitative estimate of drug-likeness (QED) is 0.890. The third kappa shape index (κ3) is 5.18. The Hall–Kier alpha value is -2.40. The summed E-state index contributed by atoms with van der Waals surface area (Å²) in [5.41, 5.74) is 1.24. The first kappa shape index (κ1) is 16.0. The lowest BCUT2D eigenvalue weighted by molar-refractivity contribution is -0.123. The van der Waals surface area contributed by atoms with E-state index in [-0.39, 0.29) is 30.6 Å². The van der Waals surface area contributed by atoms with Gasteiger partial charge in [-0.05, 0) is 35.9 Å². The summed E-state index contributed by atoms with van der Waals surface area (Å²) in [5.74, 6) is -1.02. The minimum atomic E-state index is -0.356. The van der Waals surface area contributed by atoms with Crippen molar-refractivity contribution < 1.29 is 14.0 Å². The highest BCUT2D eigenvalue weighted by atomic mass is 35.5. The van der Waals surface area contributed by atoms with Crippen LogP contribution in [0, 0.1) is 5.82 Å². The molecule has 0 heterocycles. The molecule has 0 saturated carbocycles. The number of nitrogens with one attached hydrogen (secondary N) is 2. The first-order chi connectivity index (χ1) is 10.5. The van der Waals surface area contributed by atoms with Crippen molar-refractivity contribution in [3.05, 3.63) is 64.9 Å². The van der Waals surface area contributed by atoms with Gasteiger partial charge in [0.25, 0.3) is 0 Å². The molecule has 2 aromatic rings. The summed E-state index contributed by atoms with van der Waals surface area (Å²) < 4.78 is 12.8. The van der Waals surface area contributed by atoms with Crippen molar-refractivity contribution in [2.45, 2.75) is 6.42 Å². The van der Waals surface area contributed by atoms with Crippen molar-refractivity contribution in [3.8, 4) is 0 Å². The van der Waals surface area contributed by atoms with Crippen molar-refractivity contribution in [1.82, 2.24) is 5.32 Å². The largest absolute Gasteiger partial charge is 0.347 e. The molecule has 6 heteroatoms. The molecule has 0 aliphatic heterocycles. The van der Waals surface area contributed by atoms with E-state index >= 15 is 0 Å². The minimum absolute atomic E-state index is 0.0880. The van der Waals surface area contributed by atoms with E-state index in [2.05, 4.69) is 10.6 Å². The van der Waals surface area contributed by atoms with Crippen LogP contribution in [-0.2, 0) is 16.0 Å². The van der Waals surface area contributed by atoms with Crippen molar-refractivity contribution in [3.63, 3.8) is 0 Å². The molecule has 4 nitrogen and oxygen atoms in total. The van der Waals surface area contributed by atoms with Crippen molar-refractivity contribution in [2.24, 2.45) is 0 Å². The zero-order chi connectivity index (χ0) is 15.9. The molecular weight excluding hydrogens is 307 g/mol. The van der Waals surface area contributed by atoms with Crippen molar-refractivity contribution in [1.29, 1.82) is 0 Å². The van der Waals surface area contributed by atoms with Crippen LogP contribution in [-0.4, -0.2) is 18.4 Å². The lowest BCUT2D eigenvalue weighted by Gasteiger charge is -2.07. The fourth-order valence-electron chi connectivity index (χ4n) is 1.80. The molecular formula is C16H14ClFN2O2. The molecule has 0 fully saturated rings. The van der Waals surface area contributed by atoms with E-state index in [1.807, 2.05) is 0 Å². The second-order valence-corrected chi connectivity index (χ2v) is 5.07. The molecule has 0 spiro atoms. The average Bonchev–Trinajstić information content (AvgIpc) is 2.48. The van der Waals surface area contributed by atoms with Gasteiger partial charge in [0, 0.05) is 10.7 Å². The van der Waals surface area contributed by atoms with Gasteiger partial charge >= 0.3 is 0 Å². The fraction of sp³-hybridized carbons (Fsp3) is 0.125. The number of carbonyl (C=O) groups is 2. The van der Waals surface area contributed by atoms with Gasteiger partial charge in [-0.2, -0.15) is 0 Å². The normalized spacial score (nSPS) is 10.1. The predicted octanol–water partition coefficient (Wildman–Crippen LogP) is 2.78. The SMILES string of the molecule is O=C(Cc1ccc(F)cc1)NCC(=O)Nc1cccc(Cl)c1. The van der Waals surface area contributed by atoms with Crippen LogP contribution < -0.4 is 10.6 Å². The lowest BCUT2D eigenvalue weighted by Crippen LogP contribution is -2.33. The molecule has 22 heavy (non-hydrogen) atoms. The van der Waals surface area contributed by atoms with Gasteiger partial charge in [-0.1, -0.05) is 29.8 Å². The standard InChI is InChI=1S/C16H14ClFN2O2/c17-12-2-1-3-14(9-12)20-16(22)10-19-15(21)8-11-4-6-13(18)7-5-11/h1-7,9H,8,10H2,(H,19,21)(H,20,22). The minimum Gasteiger partial charge on any atom is -0.347 e. The van der Waals surface area contributed by atoms with E-state index in [1.165, 1.54) is 24.3 Å².